The van der Waals surface area contributed by atoms with Gasteiger partial charge in [0.15, 0.2) is 0 Å². The van der Waals surface area contributed by atoms with E-state index in [4.69, 9.17) is 33.7 Å². The molecule has 116 valence electrons. The number of carbonyl (C=O) groups is 1. The van der Waals surface area contributed by atoms with E-state index in [1.165, 1.54) is 12.1 Å². The van der Waals surface area contributed by atoms with Crippen molar-refractivity contribution in [2.24, 2.45) is 5.73 Å². The average Bonchev–Trinajstić information content (AvgIpc) is 2.37. The average molecular weight is 418 g/mol. The van der Waals surface area contributed by atoms with Crippen LogP contribution in [0.1, 0.15) is 0 Å². The van der Waals surface area contributed by atoms with Crippen molar-refractivity contribution in [3.63, 3.8) is 0 Å². The second kappa shape index (κ2) is 6.39. The summed E-state index contributed by atoms with van der Waals surface area (Å²) >= 11 is 15.2. The van der Waals surface area contributed by atoms with Crippen molar-refractivity contribution in [2.45, 2.75) is 10.9 Å². The van der Waals surface area contributed by atoms with Crippen molar-refractivity contribution in [2.75, 3.05) is 19.8 Å². The number of nitrogens with two attached hydrogens (primary N) is 1. The van der Waals surface area contributed by atoms with E-state index < -0.39 is 22.0 Å². The molecule has 0 saturated carbocycles. The third kappa shape index (κ3) is 3.35. The number of primary amides is 1. The number of morpholine rings is 1. The van der Waals surface area contributed by atoms with Gasteiger partial charge in [0.25, 0.3) is 0 Å². The lowest BCUT2D eigenvalue weighted by Crippen LogP contribution is -2.54. The fourth-order valence-electron chi connectivity index (χ4n) is 1.99. The van der Waals surface area contributed by atoms with Crippen LogP contribution in [0, 0.1) is 0 Å². The number of rotatable bonds is 3. The first-order valence-electron chi connectivity index (χ1n) is 5.78. The zero-order valence-corrected chi connectivity index (χ0v) is 14.5. The molecule has 21 heavy (non-hydrogen) atoms. The maximum atomic E-state index is 12.7. The highest BCUT2D eigenvalue weighted by molar-refractivity contribution is 9.10. The van der Waals surface area contributed by atoms with Gasteiger partial charge in [-0.1, -0.05) is 39.1 Å². The van der Waals surface area contributed by atoms with Crippen LogP contribution < -0.4 is 5.73 Å². The first-order chi connectivity index (χ1) is 9.75. The zero-order chi connectivity index (χ0) is 15.8. The summed E-state index contributed by atoms with van der Waals surface area (Å²) in [5.41, 5.74) is 5.23. The quantitative estimate of drug-likeness (QED) is 0.809. The second-order valence-electron chi connectivity index (χ2n) is 4.31. The van der Waals surface area contributed by atoms with Crippen molar-refractivity contribution in [1.82, 2.24) is 4.31 Å². The van der Waals surface area contributed by atoms with Crippen LogP contribution in [0.2, 0.25) is 10.0 Å². The first-order valence-corrected chi connectivity index (χ1v) is 8.77. The number of amides is 1. The molecule has 0 aromatic heterocycles. The van der Waals surface area contributed by atoms with E-state index in [-0.39, 0.29) is 34.7 Å². The fraction of sp³-hybridized carbons (Fsp3) is 0.364. The van der Waals surface area contributed by atoms with Crippen LogP contribution >= 0.6 is 39.1 Å². The molecule has 1 aliphatic heterocycles. The van der Waals surface area contributed by atoms with Crippen LogP contribution in [0.25, 0.3) is 0 Å². The van der Waals surface area contributed by atoms with Gasteiger partial charge in [0.2, 0.25) is 15.9 Å². The Morgan fingerprint density at radius 2 is 1.95 bits per heavy atom. The van der Waals surface area contributed by atoms with Crippen LogP contribution in [0.15, 0.2) is 21.5 Å². The first kappa shape index (κ1) is 17.0. The predicted octanol–water partition coefficient (Wildman–Crippen LogP) is 1.63. The lowest BCUT2D eigenvalue weighted by molar-refractivity contribution is -0.125. The molecule has 10 heteroatoms. The standard InChI is InChI=1S/C11H11BrCl2N2O4S/c12-6-3-7(13)10(8(14)4-6)21(18,19)16-1-2-20-5-9(16)11(15)17/h3-4,9H,1-2,5H2,(H2,15,17). The van der Waals surface area contributed by atoms with E-state index in [0.29, 0.717) is 4.47 Å². The van der Waals surface area contributed by atoms with Gasteiger partial charge >= 0.3 is 0 Å². The second-order valence-corrected chi connectivity index (χ2v) is 7.86. The SMILES string of the molecule is NC(=O)C1COCCN1S(=O)(=O)c1c(Cl)cc(Br)cc1Cl. The Morgan fingerprint density at radius 1 is 1.38 bits per heavy atom. The monoisotopic (exact) mass is 416 g/mol. The maximum absolute atomic E-state index is 12.7. The van der Waals surface area contributed by atoms with Gasteiger partial charge in [0.1, 0.15) is 10.9 Å². The van der Waals surface area contributed by atoms with Gasteiger partial charge < -0.3 is 10.5 Å². The molecule has 1 aliphatic rings. The largest absolute Gasteiger partial charge is 0.378 e. The van der Waals surface area contributed by atoms with Crippen molar-refractivity contribution in [3.05, 3.63) is 26.7 Å². The van der Waals surface area contributed by atoms with Crippen molar-refractivity contribution < 1.29 is 17.9 Å². The minimum atomic E-state index is -4.07. The van der Waals surface area contributed by atoms with Crippen LogP contribution in [0.3, 0.4) is 0 Å². The number of benzene rings is 1. The molecule has 1 atom stereocenters. The van der Waals surface area contributed by atoms with Gasteiger partial charge in [-0.3, -0.25) is 4.79 Å². The normalized spacial score (nSPS) is 20.4. The molecule has 1 fully saturated rings. The number of halogens is 3. The number of hydrogen-bond donors (Lipinski definition) is 1. The molecule has 2 N–H and O–H groups in total. The molecule has 1 aromatic rings. The van der Waals surface area contributed by atoms with Gasteiger partial charge in [-0.2, -0.15) is 4.31 Å². The summed E-state index contributed by atoms with van der Waals surface area (Å²) in [7, 11) is -4.07. The third-order valence-corrected chi connectivity index (χ3v) is 6.23. The van der Waals surface area contributed by atoms with Crippen LogP contribution in [-0.2, 0) is 19.6 Å². The summed E-state index contributed by atoms with van der Waals surface area (Å²) in [6.45, 7) is 0.0633. The fourth-order valence-corrected chi connectivity index (χ4v) is 5.45. The Morgan fingerprint density at radius 3 is 2.48 bits per heavy atom. The molecule has 1 aromatic carbocycles. The minimum Gasteiger partial charge on any atom is -0.378 e. The summed E-state index contributed by atoms with van der Waals surface area (Å²) in [6, 6.07) is 1.75. The van der Waals surface area contributed by atoms with Gasteiger partial charge in [-0.15, -0.1) is 0 Å². The Labute approximate surface area is 140 Å². The van der Waals surface area contributed by atoms with E-state index in [9.17, 15) is 13.2 Å². The molecule has 0 radical (unpaired) electrons. The molecular formula is C11H11BrCl2N2O4S. The van der Waals surface area contributed by atoms with Crippen molar-refractivity contribution in [1.29, 1.82) is 0 Å². The molecule has 0 bridgehead atoms. The Bertz CT molecular complexity index is 660. The molecular weight excluding hydrogens is 407 g/mol. The zero-order valence-electron chi connectivity index (χ0n) is 10.6. The predicted molar refractivity (Wildman–Crippen MR) is 81.9 cm³/mol. The van der Waals surface area contributed by atoms with E-state index in [1.807, 2.05) is 0 Å². The number of nitrogens with zero attached hydrogens (tertiary/aromatic N) is 1. The van der Waals surface area contributed by atoms with E-state index >= 15 is 0 Å². The number of carbonyl (C=O) groups excluding carboxylic acids is 1. The van der Waals surface area contributed by atoms with E-state index in [1.54, 1.807) is 0 Å². The van der Waals surface area contributed by atoms with Crippen molar-refractivity contribution >= 4 is 55.1 Å². The maximum Gasteiger partial charge on any atom is 0.246 e. The lowest BCUT2D eigenvalue weighted by Gasteiger charge is -2.32. The summed E-state index contributed by atoms with van der Waals surface area (Å²) in [6.07, 6.45) is 0. The topological polar surface area (TPSA) is 89.7 Å². The Hall–Kier alpha value is -0.380. The highest BCUT2D eigenvalue weighted by Gasteiger charge is 2.39. The minimum absolute atomic E-state index is 0.00133. The molecule has 0 aliphatic carbocycles. The van der Waals surface area contributed by atoms with Crippen LogP contribution in [0.4, 0.5) is 0 Å². The number of ether oxygens (including phenoxy) is 1. The molecule has 6 nitrogen and oxygen atoms in total. The molecule has 2 rings (SSSR count). The molecule has 1 unspecified atom stereocenters. The summed E-state index contributed by atoms with van der Waals surface area (Å²) in [5.74, 6) is -0.789. The molecule has 1 saturated heterocycles. The molecule has 0 spiro atoms. The van der Waals surface area contributed by atoms with E-state index in [2.05, 4.69) is 15.9 Å². The molecule has 1 amide bonds. The highest BCUT2D eigenvalue weighted by Crippen LogP contribution is 2.35. The summed E-state index contributed by atoms with van der Waals surface area (Å²) in [4.78, 5) is 11.2. The van der Waals surface area contributed by atoms with E-state index in [0.717, 1.165) is 4.31 Å². The van der Waals surface area contributed by atoms with Crippen LogP contribution in [-0.4, -0.2) is 44.4 Å². The number of hydrogen-bond acceptors (Lipinski definition) is 4. The van der Waals surface area contributed by atoms with Crippen molar-refractivity contribution in [3.8, 4) is 0 Å². The summed E-state index contributed by atoms with van der Waals surface area (Å²) in [5, 5.41) is -0.0758. The van der Waals surface area contributed by atoms with Gasteiger partial charge in [-0.05, 0) is 12.1 Å². The Balaban J connectivity index is 2.53. The van der Waals surface area contributed by atoms with Gasteiger partial charge in [-0.25, -0.2) is 8.42 Å². The Kier molecular flexibility index (Phi) is 5.17. The van der Waals surface area contributed by atoms with Gasteiger partial charge in [0.05, 0.1) is 23.3 Å². The summed E-state index contributed by atoms with van der Waals surface area (Å²) < 4.78 is 32.1. The smallest absolute Gasteiger partial charge is 0.246 e. The third-order valence-electron chi connectivity index (χ3n) is 2.94. The number of sulfonamides is 1. The molecule has 1 heterocycles. The van der Waals surface area contributed by atoms with Gasteiger partial charge in [0, 0.05) is 11.0 Å². The lowest BCUT2D eigenvalue weighted by atomic mass is 10.3. The highest BCUT2D eigenvalue weighted by atomic mass is 79.9. The van der Waals surface area contributed by atoms with Crippen LogP contribution in [0.5, 0.6) is 0 Å².